The number of benzene rings is 2. The summed E-state index contributed by atoms with van der Waals surface area (Å²) in [7, 11) is -1.39. The molecule has 2 N–H and O–H groups in total. The number of rotatable bonds is 3. The van der Waals surface area contributed by atoms with Gasteiger partial charge >= 0.3 is 0 Å². The molecule has 2 rings (SSSR count). The van der Waals surface area contributed by atoms with E-state index in [1.54, 1.807) is 18.2 Å². The molecule has 0 fully saturated rings. The first-order chi connectivity index (χ1) is 8.97. The summed E-state index contributed by atoms with van der Waals surface area (Å²) in [4.78, 5) is 0.446. The van der Waals surface area contributed by atoms with Crippen molar-refractivity contribution in [1.82, 2.24) is 0 Å². The van der Waals surface area contributed by atoms with Crippen LogP contribution in [0.15, 0.2) is 41.3 Å². The van der Waals surface area contributed by atoms with Crippen LogP contribution >= 0.6 is 23.2 Å². The molecule has 0 aliphatic carbocycles. The van der Waals surface area contributed by atoms with E-state index in [9.17, 15) is 8.60 Å². The fourth-order valence-corrected chi connectivity index (χ4v) is 3.48. The second kappa shape index (κ2) is 5.90. The summed E-state index contributed by atoms with van der Waals surface area (Å²) < 4.78 is 25.2. The predicted molar refractivity (Wildman–Crippen MR) is 77.4 cm³/mol. The Morgan fingerprint density at radius 3 is 2.53 bits per heavy atom. The maximum atomic E-state index is 12.9. The van der Waals surface area contributed by atoms with E-state index in [-0.39, 0.29) is 10.8 Å². The molecule has 0 aromatic heterocycles. The first kappa shape index (κ1) is 14.3. The van der Waals surface area contributed by atoms with Gasteiger partial charge in [0, 0.05) is 10.7 Å². The van der Waals surface area contributed by atoms with E-state index in [1.165, 1.54) is 18.2 Å². The minimum Gasteiger partial charge on any atom is -0.399 e. The summed E-state index contributed by atoms with van der Waals surface area (Å²) in [5, 5.41) is 0.624. The van der Waals surface area contributed by atoms with Crippen LogP contribution in [0.3, 0.4) is 0 Å². The second-order valence-corrected chi connectivity index (χ2v) is 6.15. The zero-order valence-corrected chi connectivity index (χ0v) is 12.0. The number of anilines is 1. The fourth-order valence-electron chi connectivity index (χ4n) is 1.55. The van der Waals surface area contributed by atoms with E-state index in [4.69, 9.17) is 28.9 Å². The molecule has 100 valence electrons. The highest BCUT2D eigenvalue weighted by Crippen LogP contribution is 2.26. The molecule has 0 aliphatic rings. The van der Waals surface area contributed by atoms with Crippen molar-refractivity contribution in [2.75, 3.05) is 5.73 Å². The number of hydrogen-bond donors (Lipinski definition) is 1. The highest BCUT2D eigenvalue weighted by molar-refractivity contribution is 7.84. The zero-order valence-electron chi connectivity index (χ0n) is 9.70. The minimum atomic E-state index is -1.39. The van der Waals surface area contributed by atoms with Crippen LogP contribution in [0.4, 0.5) is 10.1 Å². The number of nitrogens with two attached hydrogens (primary N) is 1. The smallest absolute Gasteiger partial charge is 0.124 e. The van der Waals surface area contributed by atoms with E-state index < -0.39 is 16.6 Å². The normalized spacial score (nSPS) is 12.4. The van der Waals surface area contributed by atoms with Crippen molar-refractivity contribution in [3.05, 3.63) is 57.8 Å². The van der Waals surface area contributed by atoms with Crippen LogP contribution in [0.25, 0.3) is 0 Å². The molecule has 19 heavy (non-hydrogen) atoms. The highest BCUT2D eigenvalue weighted by Gasteiger charge is 2.12. The van der Waals surface area contributed by atoms with Crippen LogP contribution in [-0.2, 0) is 16.6 Å². The Balaban J connectivity index is 2.28. The Kier molecular flexibility index (Phi) is 4.45. The summed E-state index contributed by atoms with van der Waals surface area (Å²) in [6, 6.07) is 8.77. The Hall–Kier alpha value is -1.10. The largest absolute Gasteiger partial charge is 0.399 e. The van der Waals surface area contributed by atoms with Gasteiger partial charge in [0.15, 0.2) is 0 Å². The Bertz CT molecular complexity index is 649. The van der Waals surface area contributed by atoms with Crippen LogP contribution in [0, 0.1) is 5.82 Å². The molecule has 6 heteroatoms. The SMILES string of the molecule is Nc1ccc(Cl)c(S(=O)Cc2ccc(F)cc2Cl)c1. The van der Waals surface area contributed by atoms with Crippen LogP contribution in [0.5, 0.6) is 0 Å². The molecule has 0 saturated heterocycles. The molecule has 2 nitrogen and oxygen atoms in total. The Morgan fingerprint density at radius 2 is 1.84 bits per heavy atom. The first-order valence-corrected chi connectivity index (χ1v) is 7.42. The van der Waals surface area contributed by atoms with E-state index in [2.05, 4.69) is 0 Å². The zero-order chi connectivity index (χ0) is 14.0. The monoisotopic (exact) mass is 317 g/mol. The molecule has 0 heterocycles. The third-order valence-electron chi connectivity index (χ3n) is 2.50. The topological polar surface area (TPSA) is 43.1 Å². The molecular weight excluding hydrogens is 308 g/mol. The lowest BCUT2D eigenvalue weighted by atomic mass is 10.2. The summed E-state index contributed by atoms with van der Waals surface area (Å²) in [6.07, 6.45) is 0. The van der Waals surface area contributed by atoms with Gasteiger partial charge in [-0.1, -0.05) is 29.3 Å². The van der Waals surface area contributed by atoms with Gasteiger partial charge in [0.1, 0.15) is 5.82 Å². The summed E-state index contributed by atoms with van der Waals surface area (Å²) >= 11 is 11.9. The molecule has 0 spiro atoms. The molecule has 0 aliphatic heterocycles. The third kappa shape index (κ3) is 3.47. The van der Waals surface area contributed by atoms with Crippen LogP contribution in [-0.4, -0.2) is 4.21 Å². The van der Waals surface area contributed by atoms with Gasteiger partial charge in [0.2, 0.25) is 0 Å². The lowest BCUT2D eigenvalue weighted by Crippen LogP contribution is -1.99. The highest BCUT2D eigenvalue weighted by atomic mass is 35.5. The average Bonchev–Trinajstić information content (AvgIpc) is 2.35. The van der Waals surface area contributed by atoms with Crippen molar-refractivity contribution in [1.29, 1.82) is 0 Å². The van der Waals surface area contributed by atoms with Crippen LogP contribution < -0.4 is 5.73 Å². The average molecular weight is 318 g/mol. The van der Waals surface area contributed by atoms with Gasteiger partial charge in [-0.2, -0.15) is 0 Å². The van der Waals surface area contributed by atoms with Crippen molar-refractivity contribution in [3.63, 3.8) is 0 Å². The maximum Gasteiger partial charge on any atom is 0.124 e. The van der Waals surface area contributed by atoms with Crippen molar-refractivity contribution < 1.29 is 8.60 Å². The summed E-state index contributed by atoms with van der Waals surface area (Å²) in [5.41, 5.74) is 6.72. The summed E-state index contributed by atoms with van der Waals surface area (Å²) in [6.45, 7) is 0. The lowest BCUT2D eigenvalue weighted by Gasteiger charge is -2.07. The molecule has 0 bridgehead atoms. The van der Waals surface area contributed by atoms with Gasteiger partial charge in [0.25, 0.3) is 0 Å². The molecule has 1 atom stereocenters. The predicted octanol–water partition coefficient (Wildman–Crippen LogP) is 4.02. The molecule has 0 amide bonds. The number of halogens is 3. The molecule has 2 aromatic carbocycles. The standard InChI is InChI=1S/C13H10Cl2FNOS/c14-11-4-3-10(17)6-13(11)19(18)7-8-1-2-9(16)5-12(8)15/h1-6H,7,17H2. The van der Waals surface area contributed by atoms with Crippen LogP contribution in [0.1, 0.15) is 5.56 Å². The molecule has 1 unspecified atom stereocenters. The van der Waals surface area contributed by atoms with Gasteiger partial charge in [-0.3, -0.25) is 4.21 Å². The molecule has 2 aromatic rings. The van der Waals surface area contributed by atoms with Crippen LogP contribution in [0.2, 0.25) is 10.0 Å². The molecule has 0 saturated carbocycles. The van der Waals surface area contributed by atoms with Gasteiger partial charge in [-0.25, -0.2) is 4.39 Å². The Morgan fingerprint density at radius 1 is 1.11 bits per heavy atom. The van der Waals surface area contributed by atoms with Gasteiger partial charge < -0.3 is 5.73 Å². The third-order valence-corrected chi connectivity index (χ3v) is 4.70. The van der Waals surface area contributed by atoms with Crippen molar-refractivity contribution in [2.24, 2.45) is 0 Å². The van der Waals surface area contributed by atoms with Crippen molar-refractivity contribution in [3.8, 4) is 0 Å². The lowest BCUT2D eigenvalue weighted by molar-refractivity contribution is 0.627. The number of nitrogen functional groups attached to an aromatic ring is 1. The van der Waals surface area contributed by atoms with Gasteiger partial charge in [-0.15, -0.1) is 0 Å². The van der Waals surface area contributed by atoms with E-state index >= 15 is 0 Å². The second-order valence-electron chi connectivity index (χ2n) is 3.92. The number of hydrogen-bond acceptors (Lipinski definition) is 2. The quantitative estimate of drug-likeness (QED) is 0.869. The molecular formula is C13H10Cl2FNOS. The van der Waals surface area contributed by atoms with E-state index in [0.29, 0.717) is 21.2 Å². The van der Waals surface area contributed by atoms with E-state index in [1.807, 2.05) is 0 Å². The van der Waals surface area contributed by atoms with E-state index in [0.717, 1.165) is 0 Å². The first-order valence-electron chi connectivity index (χ1n) is 5.34. The van der Waals surface area contributed by atoms with Gasteiger partial charge in [0.05, 0.1) is 26.5 Å². The molecule has 0 radical (unpaired) electrons. The van der Waals surface area contributed by atoms with Gasteiger partial charge in [-0.05, 0) is 35.9 Å². The minimum absolute atomic E-state index is 0.155. The summed E-state index contributed by atoms with van der Waals surface area (Å²) in [5.74, 6) is -0.274. The maximum absolute atomic E-state index is 12.9. The van der Waals surface area contributed by atoms with Crippen molar-refractivity contribution in [2.45, 2.75) is 10.6 Å². The Labute approximate surface area is 122 Å². The van der Waals surface area contributed by atoms with Crippen molar-refractivity contribution >= 4 is 39.7 Å². The fraction of sp³-hybridized carbons (Fsp3) is 0.0769.